The monoisotopic (exact) mass is 286 g/mol. The summed E-state index contributed by atoms with van der Waals surface area (Å²) in [5.41, 5.74) is 0.580. The van der Waals surface area contributed by atoms with Crippen LogP contribution in [0.2, 0.25) is 0 Å². The van der Waals surface area contributed by atoms with Crippen LogP contribution in [0.1, 0.15) is 68.7 Å². The molecular formula is C17H38N2O. The molecule has 3 heteroatoms. The molecule has 0 rings (SSSR count). The van der Waals surface area contributed by atoms with E-state index in [-0.39, 0.29) is 16.6 Å². The van der Waals surface area contributed by atoms with Crippen molar-refractivity contribution in [3.8, 4) is 0 Å². The average molecular weight is 287 g/mol. The van der Waals surface area contributed by atoms with Gasteiger partial charge >= 0.3 is 0 Å². The van der Waals surface area contributed by atoms with E-state index in [0.29, 0.717) is 0 Å². The number of rotatable bonds is 7. The van der Waals surface area contributed by atoms with Gasteiger partial charge in [0.15, 0.2) is 0 Å². The number of nitrogens with zero attached hydrogens (tertiary/aromatic N) is 1. The fourth-order valence-electron chi connectivity index (χ4n) is 2.60. The minimum Gasteiger partial charge on any atom is -0.380 e. The second-order valence-electron chi connectivity index (χ2n) is 8.64. The summed E-state index contributed by atoms with van der Waals surface area (Å²) in [6.45, 7) is 23.9. The van der Waals surface area contributed by atoms with Crippen molar-refractivity contribution in [2.75, 3.05) is 26.3 Å². The van der Waals surface area contributed by atoms with Crippen molar-refractivity contribution in [2.24, 2.45) is 0 Å². The fraction of sp³-hybridized carbons (Fsp3) is 1.00. The highest BCUT2D eigenvalue weighted by Gasteiger charge is 2.30. The lowest BCUT2D eigenvalue weighted by molar-refractivity contribution is 0.0260. The Morgan fingerprint density at radius 3 is 1.70 bits per heavy atom. The molecule has 0 aliphatic rings. The van der Waals surface area contributed by atoms with Crippen molar-refractivity contribution in [2.45, 2.75) is 85.4 Å². The lowest BCUT2D eigenvalue weighted by atomic mass is 9.96. The van der Waals surface area contributed by atoms with Gasteiger partial charge in [0, 0.05) is 36.3 Å². The lowest BCUT2D eigenvalue weighted by Crippen LogP contribution is -2.53. The zero-order valence-electron chi connectivity index (χ0n) is 15.4. The number of ether oxygens (including phenoxy) is 1. The maximum atomic E-state index is 5.72. The quantitative estimate of drug-likeness (QED) is 0.723. The van der Waals surface area contributed by atoms with Gasteiger partial charge in [-0.05, 0) is 68.7 Å². The zero-order chi connectivity index (χ0) is 16.0. The molecule has 0 amide bonds. The topological polar surface area (TPSA) is 24.5 Å². The molecule has 0 aromatic rings. The second kappa shape index (κ2) is 7.77. The SMILES string of the molecule is CC(C)(C)NCCOCCCN(C(C)(C)C)C(C)(C)C. The summed E-state index contributed by atoms with van der Waals surface area (Å²) in [5.74, 6) is 0. The Kier molecular flexibility index (Phi) is 7.72. The van der Waals surface area contributed by atoms with Crippen LogP contribution in [0.25, 0.3) is 0 Å². The summed E-state index contributed by atoms with van der Waals surface area (Å²) in [6.07, 6.45) is 1.09. The summed E-state index contributed by atoms with van der Waals surface area (Å²) in [6, 6.07) is 0. The van der Waals surface area contributed by atoms with Crippen LogP contribution in [-0.4, -0.2) is 47.8 Å². The van der Waals surface area contributed by atoms with Crippen LogP contribution in [0.15, 0.2) is 0 Å². The molecule has 0 heterocycles. The Morgan fingerprint density at radius 2 is 1.30 bits per heavy atom. The standard InChI is InChI=1S/C17H38N2O/c1-15(2,3)18-11-14-20-13-10-12-19(16(4,5)6)17(7,8)9/h18H,10-14H2,1-9H3. The highest BCUT2D eigenvalue weighted by Crippen LogP contribution is 2.24. The molecule has 0 saturated heterocycles. The molecule has 0 radical (unpaired) electrons. The summed E-state index contributed by atoms with van der Waals surface area (Å²) in [7, 11) is 0. The minimum absolute atomic E-state index is 0.179. The first-order chi connectivity index (χ1) is 8.84. The van der Waals surface area contributed by atoms with Crippen LogP contribution in [-0.2, 0) is 4.74 Å². The largest absolute Gasteiger partial charge is 0.380 e. The number of nitrogens with one attached hydrogen (secondary N) is 1. The van der Waals surface area contributed by atoms with Gasteiger partial charge in [-0.25, -0.2) is 0 Å². The van der Waals surface area contributed by atoms with Gasteiger partial charge in [-0.2, -0.15) is 0 Å². The second-order valence-corrected chi connectivity index (χ2v) is 8.64. The van der Waals surface area contributed by atoms with E-state index in [1.54, 1.807) is 0 Å². The smallest absolute Gasteiger partial charge is 0.0591 e. The van der Waals surface area contributed by atoms with Crippen LogP contribution in [0, 0.1) is 0 Å². The minimum atomic E-state index is 0.179. The van der Waals surface area contributed by atoms with Gasteiger partial charge in [0.1, 0.15) is 0 Å². The predicted octanol–water partition coefficient (Wildman–Crippen LogP) is 3.68. The van der Waals surface area contributed by atoms with E-state index >= 15 is 0 Å². The molecule has 3 nitrogen and oxygen atoms in total. The normalized spacial score (nSPS) is 14.1. The van der Waals surface area contributed by atoms with E-state index in [1.807, 2.05) is 0 Å². The van der Waals surface area contributed by atoms with E-state index in [2.05, 4.69) is 72.5 Å². The van der Waals surface area contributed by atoms with E-state index in [9.17, 15) is 0 Å². The van der Waals surface area contributed by atoms with Gasteiger partial charge in [0.2, 0.25) is 0 Å². The van der Waals surface area contributed by atoms with Crippen molar-refractivity contribution in [3.05, 3.63) is 0 Å². The molecule has 0 spiro atoms. The van der Waals surface area contributed by atoms with Gasteiger partial charge in [-0.3, -0.25) is 4.90 Å². The van der Waals surface area contributed by atoms with Crippen molar-refractivity contribution in [1.82, 2.24) is 10.2 Å². The van der Waals surface area contributed by atoms with Crippen molar-refractivity contribution < 1.29 is 4.74 Å². The van der Waals surface area contributed by atoms with Gasteiger partial charge in [0.05, 0.1) is 6.61 Å². The Balaban J connectivity index is 3.87. The zero-order valence-corrected chi connectivity index (χ0v) is 15.4. The van der Waals surface area contributed by atoms with Crippen LogP contribution in [0.3, 0.4) is 0 Å². The van der Waals surface area contributed by atoms with Crippen LogP contribution >= 0.6 is 0 Å². The van der Waals surface area contributed by atoms with Gasteiger partial charge in [-0.1, -0.05) is 0 Å². The molecule has 0 unspecified atom stereocenters. The average Bonchev–Trinajstić information content (AvgIpc) is 2.16. The Labute approximate surface area is 127 Å². The summed E-state index contributed by atoms with van der Waals surface area (Å²) in [4.78, 5) is 2.55. The van der Waals surface area contributed by atoms with Gasteiger partial charge in [0.25, 0.3) is 0 Å². The first-order valence-corrected chi connectivity index (χ1v) is 7.94. The molecule has 0 saturated carbocycles. The Morgan fingerprint density at radius 1 is 0.800 bits per heavy atom. The predicted molar refractivity (Wildman–Crippen MR) is 89.4 cm³/mol. The lowest BCUT2D eigenvalue weighted by Gasteiger charge is -2.45. The number of hydrogen-bond acceptors (Lipinski definition) is 3. The van der Waals surface area contributed by atoms with Crippen LogP contribution in [0.4, 0.5) is 0 Å². The summed E-state index contributed by atoms with van der Waals surface area (Å²) in [5, 5.41) is 3.43. The highest BCUT2D eigenvalue weighted by molar-refractivity contribution is 4.86. The third-order valence-electron chi connectivity index (χ3n) is 3.19. The molecule has 0 aromatic carbocycles. The van der Waals surface area contributed by atoms with Crippen molar-refractivity contribution >= 4 is 0 Å². The maximum absolute atomic E-state index is 5.72. The molecule has 0 aliphatic heterocycles. The first kappa shape index (κ1) is 19.9. The molecule has 20 heavy (non-hydrogen) atoms. The molecule has 0 aromatic heterocycles. The molecule has 0 atom stereocenters. The van der Waals surface area contributed by atoms with Gasteiger partial charge < -0.3 is 10.1 Å². The molecule has 0 bridgehead atoms. The molecule has 1 N–H and O–H groups in total. The van der Waals surface area contributed by atoms with Crippen molar-refractivity contribution in [1.29, 1.82) is 0 Å². The first-order valence-electron chi connectivity index (χ1n) is 7.94. The molecular weight excluding hydrogens is 248 g/mol. The fourth-order valence-corrected chi connectivity index (χ4v) is 2.60. The van der Waals surface area contributed by atoms with Crippen LogP contribution in [0.5, 0.6) is 0 Å². The molecule has 122 valence electrons. The van der Waals surface area contributed by atoms with E-state index in [1.165, 1.54) is 0 Å². The number of hydrogen-bond donors (Lipinski definition) is 1. The molecule has 0 fully saturated rings. The molecule has 0 aliphatic carbocycles. The highest BCUT2D eigenvalue weighted by atomic mass is 16.5. The summed E-state index contributed by atoms with van der Waals surface area (Å²) >= 11 is 0. The third-order valence-corrected chi connectivity index (χ3v) is 3.19. The maximum Gasteiger partial charge on any atom is 0.0591 e. The summed E-state index contributed by atoms with van der Waals surface area (Å²) < 4.78 is 5.72. The Bertz CT molecular complexity index is 242. The van der Waals surface area contributed by atoms with Gasteiger partial charge in [-0.15, -0.1) is 0 Å². The van der Waals surface area contributed by atoms with E-state index < -0.39 is 0 Å². The Hall–Kier alpha value is -0.120. The van der Waals surface area contributed by atoms with E-state index in [4.69, 9.17) is 4.74 Å². The van der Waals surface area contributed by atoms with Crippen LogP contribution < -0.4 is 5.32 Å². The third kappa shape index (κ3) is 9.73. The van der Waals surface area contributed by atoms with Crippen molar-refractivity contribution in [3.63, 3.8) is 0 Å². The van der Waals surface area contributed by atoms with E-state index in [0.717, 1.165) is 32.7 Å².